The lowest BCUT2D eigenvalue weighted by atomic mass is 9.96. The average molecular weight is 337 g/mol. The van der Waals surface area contributed by atoms with Crippen LogP contribution in [0, 0.1) is 0 Å². The molecule has 4 heteroatoms. The van der Waals surface area contributed by atoms with Gasteiger partial charge >= 0.3 is 0 Å². The molecule has 0 aromatic heterocycles. The first kappa shape index (κ1) is 16.4. The van der Waals surface area contributed by atoms with Crippen LogP contribution in [0.3, 0.4) is 0 Å². The standard InChI is InChI=1S/C21H27N3O/c1-2-22-21(24-19-14-17-10-11-20(19)25-17)23-13-12-16-8-5-7-15-6-3-4-9-18(15)16/h3-9,17,19-20H,2,10-14H2,1H3,(H2,22,23,24). The zero-order chi connectivity index (χ0) is 17.1. The van der Waals surface area contributed by atoms with Crippen molar-refractivity contribution in [3.05, 3.63) is 48.0 Å². The normalized spacial score (nSPS) is 25.5. The van der Waals surface area contributed by atoms with E-state index in [0.717, 1.165) is 31.9 Å². The molecule has 0 spiro atoms. The van der Waals surface area contributed by atoms with Crippen LogP contribution >= 0.6 is 0 Å². The molecule has 2 aromatic rings. The summed E-state index contributed by atoms with van der Waals surface area (Å²) in [5.74, 6) is 0.920. The molecule has 2 heterocycles. The van der Waals surface area contributed by atoms with Gasteiger partial charge in [0.25, 0.3) is 0 Å². The number of rotatable bonds is 5. The van der Waals surface area contributed by atoms with Gasteiger partial charge in [-0.1, -0.05) is 42.5 Å². The van der Waals surface area contributed by atoms with Crippen LogP contribution in [-0.2, 0) is 11.2 Å². The molecule has 132 valence electrons. The van der Waals surface area contributed by atoms with E-state index >= 15 is 0 Å². The maximum atomic E-state index is 5.94. The Labute approximate surface area is 149 Å². The van der Waals surface area contributed by atoms with Gasteiger partial charge in [-0.15, -0.1) is 0 Å². The highest BCUT2D eigenvalue weighted by Gasteiger charge is 2.41. The van der Waals surface area contributed by atoms with Crippen LogP contribution in [0.15, 0.2) is 47.5 Å². The summed E-state index contributed by atoms with van der Waals surface area (Å²) >= 11 is 0. The molecule has 4 nitrogen and oxygen atoms in total. The van der Waals surface area contributed by atoms with E-state index < -0.39 is 0 Å². The minimum atomic E-state index is 0.368. The van der Waals surface area contributed by atoms with Gasteiger partial charge in [0.1, 0.15) is 0 Å². The molecule has 4 rings (SSSR count). The number of aliphatic imine (C=N–C) groups is 1. The highest BCUT2D eigenvalue weighted by molar-refractivity contribution is 5.85. The van der Waals surface area contributed by atoms with Gasteiger partial charge in [0.05, 0.1) is 18.2 Å². The molecule has 3 unspecified atom stereocenters. The largest absolute Gasteiger partial charge is 0.373 e. The number of hydrogen-bond acceptors (Lipinski definition) is 2. The molecule has 0 aliphatic carbocycles. The van der Waals surface area contributed by atoms with E-state index in [1.165, 1.54) is 29.2 Å². The Morgan fingerprint density at radius 1 is 1.16 bits per heavy atom. The third-order valence-electron chi connectivity index (χ3n) is 5.30. The smallest absolute Gasteiger partial charge is 0.191 e. The van der Waals surface area contributed by atoms with Gasteiger partial charge in [-0.2, -0.15) is 0 Å². The summed E-state index contributed by atoms with van der Waals surface area (Å²) in [6.07, 6.45) is 5.28. The summed E-state index contributed by atoms with van der Waals surface area (Å²) in [6, 6.07) is 15.5. The lowest BCUT2D eigenvalue weighted by molar-refractivity contribution is 0.0992. The number of guanidine groups is 1. The molecule has 3 atom stereocenters. The third-order valence-corrected chi connectivity index (χ3v) is 5.30. The second kappa shape index (κ2) is 7.44. The van der Waals surface area contributed by atoms with E-state index in [9.17, 15) is 0 Å². The maximum absolute atomic E-state index is 5.94. The van der Waals surface area contributed by atoms with Gasteiger partial charge in [-0.25, -0.2) is 0 Å². The first-order valence-corrected chi connectivity index (χ1v) is 9.50. The van der Waals surface area contributed by atoms with Crippen molar-refractivity contribution in [2.75, 3.05) is 13.1 Å². The van der Waals surface area contributed by atoms with Crippen molar-refractivity contribution in [1.29, 1.82) is 0 Å². The van der Waals surface area contributed by atoms with Gasteiger partial charge in [0.2, 0.25) is 0 Å². The van der Waals surface area contributed by atoms with Crippen molar-refractivity contribution in [3.8, 4) is 0 Å². The summed E-state index contributed by atoms with van der Waals surface area (Å²) in [7, 11) is 0. The van der Waals surface area contributed by atoms with Crippen molar-refractivity contribution in [2.24, 2.45) is 4.99 Å². The Morgan fingerprint density at radius 3 is 2.84 bits per heavy atom. The van der Waals surface area contributed by atoms with Crippen LogP contribution in [0.4, 0.5) is 0 Å². The zero-order valence-corrected chi connectivity index (χ0v) is 14.9. The maximum Gasteiger partial charge on any atom is 0.191 e. The molecule has 2 bridgehead atoms. The Bertz CT molecular complexity index is 752. The van der Waals surface area contributed by atoms with Crippen LogP contribution in [-0.4, -0.2) is 37.3 Å². The van der Waals surface area contributed by atoms with Gasteiger partial charge in [-0.05, 0) is 48.9 Å². The van der Waals surface area contributed by atoms with E-state index in [-0.39, 0.29) is 0 Å². The lowest BCUT2D eigenvalue weighted by Crippen LogP contribution is -2.47. The molecule has 25 heavy (non-hydrogen) atoms. The summed E-state index contributed by atoms with van der Waals surface area (Å²) in [6.45, 7) is 3.77. The fraction of sp³-hybridized carbons (Fsp3) is 0.476. The van der Waals surface area contributed by atoms with Crippen molar-refractivity contribution >= 4 is 16.7 Å². The predicted molar refractivity (Wildman–Crippen MR) is 103 cm³/mol. The first-order chi connectivity index (χ1) is 12.3. The molecule has 0 radical (unpaired) electrons. The Balaban J connectivity index is 1.41. The number of benzene rings is 2. The van der Waals surface area contributed by atoms with Crippen molar-refractivity contribution in [1.82, 2.24) is 10.6 Å². The van der Waals surface area contributed by atoms with E-state index in [0.29, 0.717) is 18.2 Å². The molecule has 2 N–H and O–H groups in total. The van der Waals surface area contributed by atoms with Crippen molar-refractivity contribution in [3.63, 3.8) is 0 Å². The Hall–Kier alpha value is -2.07. The van der Waals surface area contributed by atoms with E-state index in [2.05, 4.69) is 60.0 Å². The Morgan fingerprint density at radius 2 is 2.04 bits per heavy atom. The molecule has 2 aliphatic heterocycles. The monoisotopic (exact) mass is 337 g/mol. The summed E-state index contributed by atoms with van der Waals surface area (Å²) < 4.78 is 5.94. The van der Waals surface area contributed by atoms with Crippen LogP contribution in [0.1, 0.15) is 31.7 Å². The minimum Gasteiger partial charge on any atom is -0.373 e. The topological polar surface area (TPSA) is 45.7 Å². The van der Waals surface area contributed by atoms with Crippen molar-refractivity contribution < 1.29 is 4.74 Å². The van der Waals surface area contributed by atoms with E-state index in [1.54, 1.807) is 0 Å². The first-order valence-electron chi connectivity index (χ1n) is 9.50. The average Bonchev–Trinajstić information content (AvgIpc) is 3.25. The summed E-state index contributed by atoms with van der Waals surface area (Å²) in [5, 5.41) is 9.59. The van der Waals surface area contributed by atoms with Crippen molar-refractivity contribution in [2.45, 2.75) is 50.9 Å². The highest BCUT2D eigenvalue weighted by atomic mass is 16.5. The molecular weight excluding hydrogens is 310 g/mol. The predicted octanol–water partition coefficient (Wildman–Crippen LogP) is 3.26. The highest BCUT2D eigenvalue weighted by Crippen LogP contribution is 2.34. The zero-order valence-electron chi connectivity index (χ0n) is 14.9. The molecule has 2 aliphatic rings. The van der Waals surface area contributed by atoms with Crippen LogP contribution in [0.25, 0.3) is 10.8 Å². The van der Waals surface area contributed by atoms with E-state index in [4.69, 9.17) is 9.73 Å². The van der Waals surface area contributed by atoms with Crippen LogP contribution in [0.2, 0.25) is 0 Å². The quantitative estimate of drug-likeness (QED) is 0.650. The molecule has 2 aromatic carbocycles. The summed E-state index contributed by atoms with van der Waals surface area (Å²) in [4.78, 5) is 4.80. The number of hydrogen-bond donors (Lipinski definition) is 2. The van der Waals surface area contributed by atoms with Crippen LogP contribution in [0.5, 0.6) is 0 Å². The van der Waals surface area contributed by atoms with Gasteiger partial charge in [-0.3, -0.25) is 4.99 Å². The van der Waals surface area contributed by atoms with Gasteiger partial charge in [0, 0.05) is 13.1 Å². The van der Waals surface area contributed by atoms with Gasteiger partial charge in [0.15, 0.2) is 5.96 Å². The van der Waals surface area contributed by atoms with Gasteiger partial charge < -0.3 is 15.4 Å². The molecule has 2 saturated heterocycles. The third kappa shape index (κ3) is 3.64. The fourth-order valence-corrected chi connectivity index (χ4v) is 4.08. The number of ether oxygens (including phenoxy) is 1. The number of nitrogens with zero attached hydrogens (tertiary/aromatic N) is 1. The number of fused-ring (bicyclic) bond motifs is 3. The van der Waals surface area contributed by atoms with Crippen LogP contribution < -0.4 is 10.6 Å². The van der Waals surface area contributed by atoms with E-state index in [1.807, 2.05) is 0 Å². The Kier molecular flexibility index (Phi) is 4.88. The molecule has 2 fully saturated rings. The summed E-state index contributed by atoms with van der Waals surface area (Å²) in [5.41, 5.74) is 1.36. The fourth-order valence-electron chi connectivity index (χ4n) is 4.08. The number of nitrogens with one attached hydrogen (secondary N) is 2. The molecule has 0 amide bonds. The lowest BCUT2D eigenvalue weighted by Gasteiger charge is -2.22. The SMILES string of the molecule is CCNC(=NCCc1cccc2ccccc12)NC1CC2CCC1O2. The molecule has 0 saturated carbocycles. The second-order valence-corrected chi connectivity index (χ2v) is 7.01. The minimum absolute atomic E-state index is 0.368. The molecular formula is C21H27N3O. The second-order valence-electron chi connectivity index (χ2n) is 7.01.